The summed E-state index contributed by atoms with van der Waals surface area (Å²) in [6.07, 6.45) is 1.76. The number of hydrogen-bond acceptors (Lipinski definition) is 8. The van der Waals surface area contributed by atoms with Crippen molar-refractivity contribution in [1.82, 2.24) is 30.4 Å². The molecular weight excluding hydrogens is 628 g/mol. The van der Waals surface area contributed by atoms with E-state index in [1.165, 1.54) is 25.3 Å². The van der Waals surface area contributed by atoms with Crippen LogP contribution in [0.25, 0.3) is 21.9 Å². The number of piperidine rings is 1. The van der Waals surface area contributed by atoms with Crippen molar-refractivity contribution in [2.45, 2.75) is 38.5 Å². The lowest BCUT2D eigenvalue weighted by Crippen LogP contribution is -2.54. The SMILES string of the molecule is COc1cc(CNC(=O)c2ccc3c(c2)C(=O)N(C2CCC(=O)NC2=O)C3=O)ccc1CNC(=O)Cn1c2ccccc2c2cccnc21. The molecule has 1 saturated heterocycles. The van der Waals surface area contributed by atoms with Crippen LogP contribution in [0.4, 0.5) is 0 Å². The summed E-state index contributed by atoms with van der Waals surface area (Å²) in [7, 11) is 1.52. The number of benzene rings is 3. The maximum atomic E-state index is 13.1. The summed E-state index contributed by atoms with van der Waals surface area (Å²) < 4.78 is 7.47. The molecule has 49 heavy (non-hydrogen) atoms. The van der Waals surface area contributed by atoms with Gasteiger partial charge < -0.3 is 19.9 Å². The number of hydrogen-bond donors (Lipinski definition) is 3. The van der Waals surface area contributed by atoms with Gasteiger partial charge in [0.05, 0.1) is 23.8 Å². The summed E-state index contributed by atoms with van der Waals surface area (Å²) in [5.74, 6) is -2.64. The number of carbonyl (C=O) groups is 6. The molecule has 1 unspecified atom stereocenters. The van der Waals surface area contributed by atoms with Gasteiger partial charge in [0.15, 0.2) is 0 Å². The van der Waals surface area contributed by atoms with Crippen LogP contribution in [0.1, 0.15) is 55.0 Å². The first kappa shape index (κ1) is 31.2. The van der Waals surface area contributed by atoms with E-state index in [4.69, 9.17) is 4.74 Å². The van der Waals surface area contributed by atoms with Gasteiger partial charge in [0, 0.05) is 47.6 Å². The van der Waals surface area contributed by atoms with Crippen molar-refractivity contribution in [3.05, 3.63) is 107 Å². The fourth-order valence-electron chi connectivity index (χ4n) is 6.37. The van der Waals surface area contributed by atoms with Crippen LogP contribution in [-0.2, 0) is 34.0 Å². The number of aromatic nitrogens is 2. The molecule has 1 fully saturated rings. The summed E-state index contributed by atoms with van der Waals surface area (Å²) in [6, 6.07) is 20.2. The molecule has 4 heterocycles. The number of rotatable bonds is 9. The standard InChI is InChI=1S/C36H30N6O7/c1-49-29-15-20(8-9-22(29)18-38-31(44)19-41-27-7-3-2-5-23(27)24-6-4-14-37-32(24)41)17-39-33(45)21-10-11-25-26(16-21)36(48)42(35(25)47)28-12-13-30(43)40-34(28)46/h2-11,14-16,28H,12-13,17-19H2,1H3,(H,38,44)(H,39,45)(H,40,43,46). The molecule has 13 heteroatoms. The Labute approximate surface area is 279 Å². The second kappa shape index (κ2) is 12.7. The highest BCUT2D eigenvalue weighted by atomic mass is 16.5. The Morgan fingerprint density at radius 1 is 0.898 bits per heavy atom. The minimum Gasteiger partial charge on any atom is -0.496 e. The molecule has 246 valence electrons. The fraction of sp³-hybridized carbons (Fsp3) is 0.194. The maximum Gasteiger partial charge on any atom is 0.262 e. The first-order valence-corrected chi connectivity index (χ1v) is 15.6. The van der Waals surface area contributed by atoms with E-state index >= 15 is 0 Å². The van der Waals surface area contributed by atoms with E-state index in [0.717, 1.165) is 38.0 Å². The molecule has 6 amide bonds. The molecule has 2 aromatic heterocycles. The second-order valence-corrected chi connectivity index (χ2v) is 11.8. The zero-order valence-corrected chi connectivity index (χ0v) is 26.3. The average Bonchev–Trinajstić information content (AvgIpc) is 3.56. The molecule has 5 aromatic rings. The molecule has 2 aliphatic heterocycles. The van der Waals surface area contributed by atoms with E-state index < -0.39 is 35.6 Å². The summed E-state index contributed by atoms with van der Waals surface area (Å²) in [4.78, 5) is 81.4. The average molecular weight is 659 g/mol. The molecule has 3 aromatic carbocycles. The predicted octanol–water partition coefficient (Wildman–Crippen LogP) is 2.85. The highest BCUT2D eigenvalue weighted by Gasteiger charge is 2.44. The van der Waals surface area contributed by atoms with Gasteiger partial charge >= 0.3 is 0 Å². The van der Waals surface area contributed by atoms with Crippen molar-refractivity contribution in [3.63, 3.8) is 0 Å². The Hall–Kier alpha value is -6.37. The minimum absolute atomic E-state index is 0.0133. The Bertz CT molecular complexity index is 2170. The molecule has 0 saturated carbocycles. The van der Waals surface area contributed by atoms with E-state index in [1.54, 1.807) is 12.3 Å². The quantitative estimate of drug-likeness (QED) is 0.203. The first-order chi connectivity index (χ1) is 23.7. The lowest BCUT2D eigenvalue weighted by molar-refractivity contribution is -0.136. The highest BCUT2D eigenvalue weighted by Crippen LogP contribution is 2.29. The molecule has 0 radical (unpaired) electrons. The summed E-state index contributed by atoms with van der Waals surface area (Å²) in [5.41, 5.74) is 3.40. The topological polar surface area (TPSA) is 169 Å². The minimum atomic E-state index is -1.09. The monoisotopic (exact) mass is 658 g/mol. The van der Waals surface area contributed by atoms with Crippen LogP contribution in [0.2, 0.25) is 0 Å². The van der Waals surface area contributed by atoms with Crippen molar-refractivity contribution >= 4 is 57.4 Å². The van der Waals surface area contributed by atoms with Gasteiger partial charge in [-0.05, 0) is 54.4 Å². The van der Waals surface area contributed by atoms with E-state index in [2.05, 4.69) is 20.9 Å². The Balaban J connectivity index is 0.981. The Morgan fingerprint density at radius 2 is 1.69 bits per heavy atom. The van der Waals surface area contributed by atoms with Crippen LogP contribution >= 0.6 is 0 Å². The van der Waals surface area contributed by atoms with E-state index in [1.807, 2.05) is 53.1 Å². The first-order valence-electron chi connectivity index (χ1n) is 15.6. The van der Waals surface area contributed by atoms with Gasteiger partial charge in [-0.1, -0.05) is 30.3 Å². The number of nitrogens with zero attached hydrogens (tertiary/aromatic N) is 3. The zero-order valence-electron chi connectivity index (χ0n) is 26.3. The largest absolute Gasteiger partial charge is 0.496 e. The third kappa shape index (κ3) is 5.75. The molecule has 0 bridgehead atoms. The van der Waals surface area contributed by atoms with Crippen molar-refractivity contribution in [3.8, 4) is 5.75 Å². The molecule has 0 aliphatic carbocycles. The van der Waals surface area contributed by atoms with Crippen molar-refractivity contribution in [2.24, 2.45) is 0 Å². The number of methoxy groups -OCH3 is 1. The molecule has 2 aliphatic rings. The predicted molar refractivity (Wildman–Crippen MR) is 176 cm³/mol. The van der Waals surface area contributed by atoms with Crippen molar-refractivity contribution in [2.75, 3.05) is 7.11 Å². The molecule has 7 rings (SSSR count). The van der Waals surface area contributed by atoms with Gasteiger partial charge in [0.2, 0.25) is 17.7 Å². The molecular formula is C36H30N6O7. The number of pyridine rings is 1. The van der Waals surface area contributed by atoms with Gasteiger partial charge in [-0.2, -0.15) is 0 Å². The molecule has 3 N–H and O–H groups in total. The summed E-state index contributed by atoms with van der Waals surface area (Å²) >= 11 is 0. The number of fused-ring (bicyclic) bond motifs is 4. The lowest BCUT2D eigenvalue weighted by Gasteiger charge is -2.27. The van der Waals surface area contributed by atoms with Crippen LogP contribution in [0.15, 0.2) is 79.0 Å². The van der Waals surface area contributed by atoms with E-state index in [9.17, 15) is 28.8 Å². The Kier molecular flexibility index (Phi) is 8.08. The van der Waals surface area contributed by atoms with Crippen LogP contribution in [0, 0.1) is 0 Å². The van der Waals surface area contributed by atoms with Gasteiger partial charge in [-0.25, -0.2) is 4.98 Å². The Morgan fingerprint density at radius 3 is 2.51 bits per heavy atom. The van der Waals surface area contributed by atoms with Crippen LogP contribution < -0.4 is 20.7 Å². The van der Waals surface area contributed by atoms with Crippen LogP contribution in [0.3, 0.4) is 0 Å². The van der Waals surface area contributed by atoms with E-state index in [0.29, 0.717) is 5.75 Å². The summed E-state index contributed by atoms with van der Waals surface area (Å²) in [6.45, 7) is 0.441. The maximum absolute atomic E-state index is 13.1. The third-order valence-electron chi connectivity index (χ3n) is 8.81. The fourth-order valence-corrected chi connectivity index (χ4v) is 6.37. The van der Waals surface area contributed by atoms with Gasteiger partial charge in [-0.3, -0.25) is 39.0 Å². The highest BCUT2D eigenvalue weighted by molar-refractivity contribution is 6.24. The van der Waals surface area contributed by atoms with Crippen LogP contribution in [-0.4, -0.2) is 63.0 Å². The third-order valence-corrected chi connectivity index (χ3v) is 8.81. The van der Waals surface area contributed by atoms with Crippen LogP contribution in [0.5, 0.6) is 5.75 Å². The number of ether oxygens (including phenoxy) is 1. The number of amides is 6. The molecule has 1 atom stereocenters. The molecule has 0 spiro atoms. The van der Waals surface area contributed by atoms with Crippen molar-refractivity contribution < 1.29 is 33.5 Å². The van der Waals surface area contributed by atoms with Gasteiger partial charge in [0.1, 0.15) is 24.0 Å². The van der Waals surface area contributed by atoms with E-state index in [-0.39, 0.29) is 55.1 Å². The number of imide groups is 2. The number of carbonyl (C=O) groups excluding carboxylic acids is 6. The number of para-hydroxylation sites is 1. The summed E-state index contributed by atoms with van der Waals surface area (Å²) in [5, 5.41) is 9.93. The zero-order chi connectivity index (χ0) is 34.2. The molecule has 13 nitrogen and oxygen atoms in total. The lowest BCUT2D eigenvalue weighted by atomic mass is 10.0. The smallest absolute Gasteiger partial charge is 0.262 e. The second-order valence-electron chi connectivity index (χ2n) is 11.8. The number of nitrogens with one attached hydrogen (secondary N) is 3. The van der Waals surface area contributed by atoms with Gasteiger partial charge in [0.25, 0.3) is 17.7 Å². The van der Waals surface area contributed by atoms with Crippen molar-refractivity contribution in [1.29, 1.82) is 0 Å². The normalized spacial score (nSPS) is 15.8. The van der Waals surface area contributed by atoms with Gasteiger partial charge in [-0.15, -0.1) is 0 Å².